The molecule has 0 aliphatic heterocycles. The molecule has 0 saturated carbocycles. The number of carbonyl (C=O) groups excluding carboxylic acids is 3. The first-order valence-electron chi connectivity index (χ1n) is 8.75. The number of aldehydes is 1. The second-order valence-corrected chi connectivity index (χ2v) is 6.29. The molecule has 0 aliphatic rings. The number of carbonyl (C=O) groups is 4. The van der Waals surface area contributed by atoms with E-state index in [1.807, 2.05) is 30.3 Å². The van der Waals surface area contributed by atoms with Crippen LogP contribution in [0.3, 0.4) is 0 Å². The lowest BCUT2D eigenvalue weighted by molar-refractivity contribution is -0.138. The summed E-state index contributed by atoms with van der Waals surface area (Å²) in [4.78, 5) is 52.7. The number of rotatable bonds is 10. The monoisotopic (exact) mass is 386 g/mol. The lowest BCUT2D eigenvalue weighted by Crippen LogP contribution is -2.49. The number of H-pyrrole nitrogens is 1. The number of carboxylic acid groups (broad SMARTS) is 1. The maximum Gasteiger partial charge on any atom is 0.305 e. The summed E-state index contributed by atoms with van der Waals surface area (Å²) in [6, 6.07) is 7.76. The summed E-state index contributed by atoms with van der Waals surface area (Å²) in [7, 11) is 0. The van der Waals surface area contributed by atoms with Crippen molar-refractivity contribution in [2.45, 2.75) is 38.3 Å². The Morgan fingerprint density at radius 2 is 1.89 bits per heavy atom. The quantitative estimate of drug-likeness (QED) is 0.438. The number of imidazole rings is 1. The minimum Gasteiger partial charge on any atom is -0.481 e. The van der Waals surface area contributed by atoms with Crippen LogP contribution in [0.15, 0.2) is 36.5 Å². The molecule has 0 fully saturated rings. The number of nitrogens with zero attached hydrogens (tertiary/aromatic N) is 1. The highest BCUT2D eigenvalue weighted by molar-refractivity contribution is 5.95. The van der Waals surface area contributed by atoms with E-state index in [-0.39, 0.29) is 5.82 Å². The molecule has 1 aromatic heterocycles. The van der Waals surface area contributed by atoms with Crippen molar-refractivity contribution in [2.24, 2.45) is 0 Å². The van der Waals surface area contributed by atoms with Gasteiger partial charge >= 0.3 is 5.97 Å². The smallest absolute Gasteiger partial charge is 0.305 e. The molecule has 0 aliphatic carbocycles. The lowest BCUT2D eigenvalue weighted by Gasteiger charge is -2.16. The number of carboxylic acids is 1. The molecule has 2 atom stereocenters. The van der Waals surface area contributed by atoms with Gasteiger partial charge in [-0.05, 0) is 25.3 Å². The number of hydrogen-bond donors (Lipinski definition) is 4. The predicted octanol–water partition coefficient (Wildman–Crippen LogP) is 0.472. The Hall–Kier alpha value is -3.49. The molecule has 0 saturated heterocycles. The Kier molecular flexibility index (Phi) is 7.44. The topological polar surface area (TPSA) is 141 Å². The molecule has 1 unspecified atom stereocenters. The second-order valence-electron chi connectivity index (χ2n) is 6.29. The van der Waals surface area contributed by atoms with Gasteiger partial charge in [-0.1, -0.05) is 30.3 Å². The lowest BCUT2D eigenvalue weighted by atomic mass is 10.1. The molecule has 148 valence electrons. The van der Waals surface area contributed by atoms with Crippen molar-refractivity contribution in [3.63, 3.8) is 0 Å². The number of aliphatic carboxylic acids is 1. The van der Waals surface area contributed by atoms with Crippen molar-refractivity contribution in [1.82, 2.24) is 20.6 Å². The van der Waals surface area contributed by atoms with Crippen molar-refractivity contribution in [3.05, 3.63) is 53.6 Å². The van der Waals surface area contributed by atoms with E-state index in [0.29, 0.717) is 12.7 Å². The number of aromatic amines is 1. The third kappa shape index (κ3) is 6.35. The van der Waals surface area contributed by atoms with Gasteiger partial charge in [-0.3, -0.25) is 14.4 Å². The fourth-order valence-electron chi connectivity index (χ4n) is 2.48. The molecule has 2 aromatic rings. The number of hydrogen-bond acceptors (Lipinski definition) is 5. The highest BCUT2D eigenvalue weighted by Crippen LogP contribution is 2.06. The number of aromatic nitrogens is 2. The van der Waals surface area contributed by atoms with Crippen LogP contribution in [-0.2, 0) is 27.2 Å². The molecule has 2 amide bonds. The third-order valence-corrected chi connectivity index (χ3v) is 4.00. The van der Waals surface area contributed by atoms with Crippen LogP contribution in [0.1, 0.15) is 35.2 Å². The maximum atomic E-state index is 12.2. The first-order chi connectivity index (χ1) is 13.4. The Labute approximate surface area is 161 Å². The van der Waals surface area contributed by atoms with Crippen LogP contribution in [0, 0.1) is 0 Å². The van der Waals surface area contributed by atoms with Gasteiger partial charge in [0.05, 0.1) is 12.5 Å². The van der Waals surface area contributed by atoms with Crippen molar-refractivity contribution in [1.29, 1.82) is 0 Å². The van der Waals surface area contributed by atoms with E-state index >= 15 is 0 Å². The van der Waals surface area contributed by atoms with Gasteiger partial charge in [0.2, 0.25) is 5.91 Å². The zero-order chi connectivity index (χ0) is 20.5. The van der Waals surface area contributed by atoms with Crippen LogP contribution in [0.25, 0.3) is 0 Å². The van der Waals surface area contributed by atoms with E-state index in [0.717, 1.165) is 12.1 Å². The van der Waals surface area contributed by atoms with Crippen molar-refractivity contribution in [2.75, 3.05) is 0 Å². The summed E-state index contributed by atoms with van der Waals surface area (Å²) in [6.45, 7) is 1.43. The Bertz CT molecular complexity index is 834. The van der Waals surface area contributed by atoms with Crippen LogP contribution >= 0.6 is 0 Å². The summed E-state index contributed by atoms with van der Waals surface area (Å²) in [5.41, 5.74) is 1.95. The van der Waals surface area contributed by atoms with Gasteiger partial charge in [0.1, 0.15) is 12.3 Å². The van der Waals surface area contributed by atoms with E-state index in [1.165, 1.54) is 12.5 Å². The molecule has 9 heteroatoms. The molecular weight excluding hydrogens is 364 g/mol. The van der Waals surface area contributed by atoms with E-state index in [4.69, 9.17) is 5.11 Å². The second kappa shape index (κ2) is 10.0. The van der Waals surface area contributed by atoms with Gasteiger partial charge in [0.25, 0.3) is 5.91 Å². The predicted molar refractivity (Wildman–Crippen MR) is 99.6 cm³/mol. The highest BCUT2D eigenvalue weighted by atomic mass is 16.4. The van der Waals surface area contributed by atoms with Gasteiger partial charge in [0, 0.05) is 11.9 Å². The van der Waals surface area contributed by atoms with Crippen LogP contribution in [0.5, 0.6) is 0 Å². The van der Waals surface area contributed by atoms with Crippen molar-refractivity contribution in [3.8, 4) is 0 Å². The van der Waals surface area contributed by atoms with Gasteiger partial charge in [-0.15, -0.1) is 0 Å². The molecule has 0 spiro atoms. The fraction of sp³-hybridized carbons (Fsp3) is 0.316. The number of aryl methyl sites for hydroxylation is 2. The highest BCUT2D eigenvalue weighted by Gasteiger charge is 2.22. The average Bonchev–Trinajstić information content (AvgIpc) is 3.15. The largest absolute Gasteiger partial charge is 0.481 e. The number of benzene rings is 1. The van der Waals surface area contributed by atoms with E-state index < -0.39 is 36.3 Å². The zero-order valence-corrected chi connectivity index (χ0v) is 15.3. The number of nitrogens with one attached hydrogen (secondary N) is 3. The Morgan fingerprint density at radius 3 is 2.54 bits per heavy atom. The molecule has 0 bridgehead atoms. The van der Waals surface area contributed by atoms with Crippen LogP contribution in [0.2, 0.25) is 0 Å². The first kappa shape index (κ1) is 20.8. The van der Waals surface area contributed by atoms with Crippen LogP contribution < -0.4 is 10.6 Å². The maximum absolute atomic E-state index is 12.2. The summed E-state index contributed by atoms with van der Waals surface area (Å²) < 4.78 is 0. The average molecular weight is 386 g/mol. The zero-order valence-electron chi connectivity index (χ0n) is 15.3. The molecule has 1 aromatic carbocycles. The van der Waals surface area contributed by atoms with Gasteiger partial charge in [-0.25, -0.2) is 4.98 Å². The minimum absolute atomic E-state index is 0.0696. The van der Waals surface area contributed by atoms with Crippen LogP contribution in [-0.4, -0.2) is 51.2 Å². The fourth-order valence-corrected chi connectivity index (χ4v) is 2.48. The third-order valence-electron chi connectivity index (χ3n) is 4.00. The summed E-state index contributed by atoms with van der Waals surface area (Å²) in [5, 5.41) is 13.4. The van der Waals surface area contributed by atoms with E-state index in [2.05, 4.69) is 20.6 Å². The van der Waals surface area contributed by atoms with Gasteiger partial charge < -0.3 is 25.5 Å². The van der Waals surface area contributed by atoms with Crippen molar-refractivity contribution >= 4 is 24.1 Å². The summed E-state index contributed by atoms with van der Waals surface area (Å²) in [5.74, 6) is -2.38. The standard InChI is InChI=1S/C19H22N4O5/c1-12(18(27)23-15(11-24)9-16(25)26)21-19(28)17-20-10-14(22-17)8-7-13-5-3-2-4-6-13/h2-6,10-12,15H,7-9H2,1H3,(H,20,22)(H,21,28)(H,23,27)(H,25,26)/t12-,15?/m0/s1. The van der Waals surface area contributed by atoms with Crippen LogP contribution in [0.4, 0.5) is 0 Å². The van der Waals surface area contributed by atoms with Gasteiger partial charge in [-0.2, -0.15) is 0 Å². The number of amides is 2. The van der Waals surface area contributed by atoms with Gasteiger partial charge in [0.15, 0.2) is 5.82 Å². The SMILES string of the molecule is C[C@H](NC(=O)c1ncc(CCc2ccccc2)[nH]1)C(=O)NC(C=O)CC(=O)O. The summed E-state index contributed by atoms with van der Waals surface area (Å²) in [6.07, 6.45) is 2.85. The molecular formula is C19H22N4O5. The Morgan fingerprint density at radius 1 is 1.18 bits per heavy atom. The normalized spacial score (nSPS) is 12.6. The van der Waals surface area contributed by atoms with E-state index in [9.17, 15) is 19.2 Å². The molecule has 0 radical (unpaired) electrons. The molecule has 4 N–H and O–H groups in total. The van der Waals surface area contributed by atoms with Crippen molar-refractivity contribution < 1.29 is 24.3 Å². The minimum atomic E-state index is -1.22. The first-order valence-corrected chi connectivity index (χ1v) is 8.75. The molecule has 9 nitrogen and oxygen atoms in total. The Balaban J connectivity index is 1.86. The molecule has 28 heavy (non-hydrogen) atoms. The summed E-state index contributed by atoms with van der Waals surface area (Å²) >= 11 is 0. The molecule has 2 rings (SSSR count). The molecule has 1 heterocycles. The van der Waals surface area contributed by atoms with E-state index in [1.54, 1.807) is 6.20 Å².